The Kier molecular flexibility index (Phi) is 6.74. The van der Waals surface area contributed by atoms with Crippen LogP contribution in [0.1, 0.15) is 34.5 Å². The second kappa shape index (κ2) is 9.46. The van der Waals surface area contributed by atoms with Gasteiger partial charge >= 0.3 is 5.97 Å². The van der Waals surface area contributed by atoms with Gasteiger partial charge in [0.25, 0.3) is 5.56 Å². The van der Waals surface area contributed by atoms with Crippen molar-refractivity contribution >= 4 is 23.4 Å². The van der Waals surface area contributed by atoms with Crippen LogP contribution in [0.2, 0.25) is 5.02 Å². The van der Waals surface area contributed by atoms with E-state index in [1.165, 1.54) is 17.7 Å². The lowest BCUT2D eigenvalue weighted by Crippen LogP contribution is -2.28. The molecule has 6 heteroatoms. The largest absolute Gasteiger partial charge is 0.465 e. The molecule has 0 aliphatic rings. The summed E-state index contributed by atoms with van der Waals surface area (Å²) >= 11 is 6.08. The van der Waals surface area contributed by atoms with Gasteiger partial charge in [0.1, 0.15) is 0 Å². The van der Waals surface area contributed by atoms with Gasteiger partial charge in [-0.1, -0.05) is 29.7 Å². The van der Waals surface area contributed by atoms with Gasteiger partial charge in [-0.15, -0.1) is 6.42 Å². The molecule has 0 saturated carbocycles. The number of hydrogen-bond donors (Lipinski definition) is 0. The molecule has 156 valence electrons. The summed E-state index contributed by atoms with van der Waals surface area (Å²) in [5.41, 5.74) is 2.78. The third-order valence-electron chi connectivity index (χ3n) is 5.03. The van der Waals surface area contributed by atoms with Gasteiger partial charge in [-0.05, 0) is 60.0 Å². The van der Waals surface area contributed by atoms with Gasteiger partial charge in [-0.25, -0.2) is 4.79 Å². The summed E-state index contributed by atoms with van der Waals surface area (Å²) in [6.45, 7) is 1.68. The molecule has 0 aliphatic heterocycles. The van der Waals surface area contributed by atoms with Crippen LogP contribution in [-0.4, -0.2) is 23.4 Å². The van der Waals surface area contributed by atoms with E-state index in [2.05, 4.69) is 10.7 Å². The minimum Gasteiger partial charge on any atom is -0.465 e. The molecule has 0 fully saturated rings. The number of nitrogens with zero attached hydrogens (tertiary/aromatic N) is 1. The highest BCUT2D eigenvalue weighted by Gasteiger charge is 2.17. The zero-order valence-corrected chi connectivity index (χ0v) is 17.8. The van der Waals surface area contributed by atoms with Crippen LogP contribution >= 0.6 is 11.6 Å². The Morgan fingerprint density at radius 2 is 1.84 bits per heavy atom. The summed E-state index contributed by atoms with van der Waals surface area (Å²) in [4.78, 5) is 37.0. The number of esters is 1. The molecule has 0 radical (unpaired) electrons. The molecule has 1 heterocycles. The Labute approximate surface area is 185 Å². The van der Waals surface area contributed by atoms with Crippen LogP contribution in [0.5, 0.6) is 0 Å². The fourth-order valence-corrected chi connectivity index (χ4v) is 3.41. The second-order valence-corrected chi connectivity index (χ2v) is 7.44. The average molecular weight is 434 g/mol. The molecular formula is C25H20ClNO4. The maximum absolute atomic E-state index is 12.7. The first-order valence-electron chi connectivity index (χ1n) is 9.52. The molecule has 2 aromatic carbocycles. The molecule has 0 spiro atoms. The number of hydrogen-bond acceptors (Lipinski definition) is 4. The summed E-state index contributed by atoms with van der Waals surface area (Å²) in [5, 5.41) is 0.514. The van der Waals surface area contributed by atoms with Crippen molar-refractivity contribution in [3.8, 4) is 23.5 Å². The van der Waals surface area contributed by atoms with Crippen molar-refractivity contribution in [2.24, 2.45) is 0 Å². The molecular weight excluding hydrogens is 414 g/mol. The minimum absolute atomic E-state index is 0.131. The number of Topliss-reactive ketones (excluding diaryl/α,β-unsaturated/α-hetero) is 1. The van der Waals surface area contributed by atoms with Gasteiger partial charge in [-0.3, -0.25) is 9.59 Å². The summed E-state index contributed by atoms with van der Waals surface area (Å²) in [6, 6.07) is 14.3. The van der Waals surface area contributed by atoms with E-state index in [-0.39, 0.29) is 17.8 Å². The number of benzene rings is 2. The van der Waals surface area contributed by atoms with Crippen molar-refractivity contribution in [1.82, 2.24) is 4.57 Å². The fraction of sp³-hybridized carbons (Fsp3) is 0.160. The highest BCUT2D eigenvalue weighted by molar-refractivity contribution is 6.30. The second-order valence-electron chi connectivity index (χ2n) is 7.00. The van der Waals surface area contributed by atoms with Crippen LogP contribution in [-0.2, 0) is 16.0 Å². The lowest BCUT2D eigenvalue weighted by Gasteiger charge is -2.15. The number of halogens is 1. The van der Waals surface area contributed by atoms with Crippen molar-refractivity contribution < 1.29 is 14.3 Å². The third-order valence-corrected chi connectivity index (χ3v) is 5.27. The fourth-order valence-electron chi connectivity index (χ4n) is 3.24. The number of carbonyl (C=O) groups excluding carboxylic acids is 2. The number of pyridine rings is 1. The molecule has 3 rings (SSSR count). The quantitative estimate of drug-likeness (QED) is 0.429. The highest BCUT2D eigenvalue weighted by atomic mass is 35.5. The van der Waals surface area contributed by atoms with E-state index in [1.54, 1.807) is 61.7 Å². The molecule has 3 aromatic rings. The average Bonchev–Trinajstić information content (AvgIpc) is 2.78. The number of ketones is 1. The van der Waals surface area contributed by atoms with Crippen molar-refractivity contribution in [2.75, 3.05) is 7.11 Å². The van der Waals surface area contributed by atoms with Gasteiger partial charge in [0.05, 0.1) is 18.7 Å². The number of aromatic nitrogens is 1. The molecule has 0 N–H and O–H groups in total. The lowest BCUT2D eigenvalue weighted by molar-refractivity contribution is -0.121. The Bertz CT molecular complexity index is 1240. The van der Waals surface area contributed by atoms with Gasteiger partial charge in [0.15, 0.2) is 5.78 Å². The predicted molar refractivity (Wildman–Crippen MR) is 120 cm³/mol. The smallest absolute Gasteiger partial charge is 0.337 e. The Morgan fingerprint density at radius 3 is 2.45 bits per heavy atom. The number of ether oxygens (including phenoxy) is 1. The third kappa shape index (κ3) is 4.93. The molecule has 0 amide bonds. The summed E-state index contributed by atoms with van der Waals surface area (Å²) in [5.74, 6) is 2.02. The molecule has 1 unspecified atom stereocenters. The number of terminal acetylenes is 1. The van der Waals surface area contributed by atoms with Crippen molar-refractivity contribution in [3.63, 3.8) is 0 Å². The first-order valence-corrected chi connectivity index (χ1v) is 9.90. The van der Waals surface area contributed by atoms with Crippen LogP contribution < -0.4 is 5.56 Å². The highest BCUT2D eigenvalue weighted by Crippen LogP contribution is 2.26. The van der Waals surface area contributed by atoms with Gasteiger partial charge in [0.2, 0.25) is 0 Å². The van der Waals surface area contributed by atoms with Crippen molar-refractivity contribution in [1.29, 1.82) is 0 Å². The molecule has 5 nitrogen and oxygen atoms in total. The van der Waals surface area contributed by atoms with Gasteiger partial charge in [-0.2, -0.15) is 0 Å². The van der Waals surface area contributed by atoms with E-state index in [1.807, 2.05) is 0 Å². The van der Waals surface area contributed by atoms with E-state index in [0.29, 0.717) is 27.3 Å². The Balaban J connectivity index is 1.81. The standard InChI is InChI=1S/C25H20ClNO4/c1-4-18-9-10-21(26)15-22(18)20-11-12-27(24(29)14-20)16(2)23(28)13-17-5-7-19(8-6-17)25(30)31-3/h1,5-12,14-16H,13H2,2-3H3. The molecule has 0 bridgehead atoms. The van der Waals surface area contributed by atoms with Crippen LogP contribution in [0.4, 0.5) is 0 Å². The van der Waals surface area contributed by atoms with Crippen molar-refractivity contribution in [3.05, 3.63) is 92.9 Å². The number of carbonyl (C=O) groups is 2. The van der Waals surface area contributed by atoms with E-state index in [4.69, 9.17) is 18.0 Å². The van der Waals surface area contributed by atoms with Gasteiger partial charge in [0, 0.05) is 29.3 Å². The Morgan fingerprint density at radius 1 is 1.13 bits per heavy atom. The van der Waals surface area contributed by atoms with Crippen molar-refractivity contribution in [2.45, 2.75) is 19.4 Å². The summed E-state index contributed by atoms with van der Waals surface area (Å²) in [7, 11) is 1.31. The normalized spacial score (nSPS) is 11.4. The van der Waals surface area contributed by atoms with Crippen LogP contribution in [0.25, 0.3) is 11.1 Å². The molecule has 1 aromatic heterocycles. The van der Waals surface area contributed by atoms with Crippen LogP contribution in [0, 0.1) is 12.3 Å². The molecule has 0 aliphatic carbocycles. The first-order chi connectivity index (χ1) is 14.8. The summed E-state index contributed by atoms with van der Waals surface area (Å²) < 4.78 is 6.05. The predicted octanol–water partition coefficient (Wildman–Crippen LogP) is 4.31. The Hall–Kier alpha value is -3.62. The molecule has 0 saturated heterocycles. The maximum atomic E-state index is 12.7. The van der Waals surface area contributed by atoms with E-state index < -0.39 is 12.0 Å². The monoisotopic (exact) mass is 433 g/mol. The zero-order chi connectivity index (χ0) is 22.5. The van der Waals surface area contributed by atoms with Crippen LogP contribution in [0.3, 0.4) is 0 Å². The molecule has 1 atom stereocenters. The van der Waals surface area contributed by atoms with E-state index >= 15 is 0 Å². The van der Waals surface area contributed by atoms with E-state index in [9.17, 15) is 14.4 Å². The lowest BCUT2D eigenvalue weighted by atomic mass is 10.0. The number of methoxy groups -OCH3 is 1. The SMILES string of the molecule is C#Cc1ccc(Cl)cc1-c1ccn(C(C)C(=O)Cc2ccc(C(=O)OC)cc2)c(=O)c1. The maximum Gasteiger partial charge on any atom is 0.337 e. The number of rotatable bonds is 6. The van der Waals surface area contributed by atoms with E-state index in [0.717, 1.165) is 5.56 Å². The zero-order valence-electron chi connectivity index (χ0n) is 17.1. The summed E-state index contributed by atoms with van der Waals surface area (Å²) in [6.07, 6.45) is 7.27. The molecule has 31 heavy (non-hydrogen) atoms. The van der Waals surface area contributed by atoms with Gasteiger partial charge < -0.3 is 9.30 Å². The first kappa shape index (κ1) is 22.1. The topological polar surface area (TPSA) is 65.4 Å². The van der Waals surface area contributed by atoms with Crippen LogP contribution in [0.15, 0.2) is 65.6 Å². The minimum atomic E-state index is -0.659.